The van der Waals surface area contributed by atoms with Crippen molar-refractivity contribution in [2.24, 2.45) is 4.99 Å². The molecule has 3 rings (SSSR count). The number of nitrogens with one attached hydrogen (secondary N) is 2. The molecule has 0 saturated carbocycles. The first-order valence-electron chi connectivity index (χ1n) is 10.3. The van der Waals surface area contributed by atoms with E-state index in [2.05, 4.69) is 26.9 Å². The lowest BCUT2D eigenvalue weighted by Crippen LogP contribution is -2.23. The van der Waals surface area contributed by atoms with Gasteiger partial charge in [-0.2, -0.15) is 0 Å². The second kappa shape index (κ2) is 13.8. The Morgan fingerprint density at radius 3 is 2.56 bits per heavy atom. The Morgan fingerprint density at radius 2 is 1.97 bits per heavy atom. The van der Waals surface area contributed by atoms with Crippen LogP contribution >= 0.6 is 0 Å². The molecule has 10 heteroatoms. The summed E-state index contributed by atoms with van der Waals surface area (Å²) in [6.45, 7) is 11.4. The summed E-state index contributed by atoms with van der Waals surface area (Å²) in [7, 11) is -4.13. The van der Waals surface area contributed by atoms with Crippen molar-refractivity contribution in [3.63, 3.8) is 0 Å². The number of amides is 1. The maximum Gasteiger partial charge on any atom is 0.241 e. The number of aromatic amines is 1. The van der Waals surface area contributed by atoms with Gasteiger partial charge in [-0.3, -0.25) is 9.79 Å². The maximum atomic E-state index is 13.9. The molecule has 2 N–H and O–H groups in total. The van der Waals surface area contributed by atoms with E-state index in [-0.39, 0.29) is 16.7 Å². The average Bonchev–Trinajstić information content (AvgIpc) is 3.25. The van der Waals surface area contributed by atoms with Crippen LogP contribution in [-0.2, 0) is 14.6 Å². The van der Waals surface area contributed by atoms with E-state index in [9.17, 15) is 22.0 Å². The molecule has 0 spiro atoms. The minimum atomic E-state index is -4.13. The molecule has 1 amide bonds. The number of sulfone groups is 1. The van der Waals surface area contributed by atoms with Gasteiger partial charge >= 0.3 is 0 Å². The van der Waals surface area contributed by atoms with Gasteiger partial charge in [0, 0.05) is 30.9 Å². The molecule has 0 aliphatic carbocycles. The van der Waals surface area contributed by atoms with E-state index in [0.29, 0.717) is 6.07 Å². The van der Waals surface area contributed by atoms with Crippen molar-refractivity contribution < 1.29 is 22.0 Å². The van der Waals surface area contributed by atoms with E-state index in [1.165, 1.54) is 18.5 Å². The fourth-order valence-electron chi connectivity index (χ4n) is 2.51. The lowest BCUT2D eigenvalue weighted by Gasteiger charge is -2.05. The number of hydrogen-bond donors (Lipinski definition) is 2. The normalized spacial score (nSPS) is 11.3. The lowest BCUT2D eigenvalue weighted by molar-refractivity contribution is -0.113. The lowest BCUT2D eigenvalue weighted by atomic mass is 10.2. The molecule has 182 valence electrons. The van der Waals surface area contributed by atoms with E-state index in [1.807, 2.05) is 33.8 Å². The number of aromatic nitrogens is 2. The highest BCUT2D eigenvalue weighted by Gasteiger charge is 2.25. The van der Waals surface area contributed by atoms with Gasteiger partial charge in [0.25, 0.3) is 0 Å². The highest BCUT2D eigenvalue weighted by Crippen LogP contribution is 2.27. The van der Waals surface area contributed by atoms with E-state index in [1.54, 1.807) is 18.3 Å². The highest BCUT2D eigenvalue weighted by molar-refractivity contribution is 7.92. The van der Waals surface area contributed by atoms with Crippen LogP contribution in [0.5, 0.6) is 0 Å². The molecule has 3 aromatic rings. The number of allylic oxidation sites excluding steroid dienone is 2. The number of carbonyl (C=O) groups is 1. The maximum absolute atomic E-state index is 13.9. The van der Waals surface area contributed by atoms with E-state index < -0.39 is 38.0 Å². The van der Waals surface area contributed by atoms with Gasteiger partial charge in [0.15, 0.2) is 9.84 Å². The van der Waals surface area contributed by atoms with Gasteiger partial charge in [-0.15, -0.1) is 0 Å². The van der Waals surface area contributed by atoms with Crippen LogP contribution in [0.15, 0.2) is 77.0 Å². The minimum absolute atomic E-state index is 0.00351. The van der Waals surface area contributed by atoms with E-state index >= 15 is 0 Å². The molecular formula is C24H28F2N4O3S. The molecule has 2 heterocycles. The number of halogens is 2. The van der Waals surface area contributed by atoms with E-state index in [4.69, 9.17) is 0 Å². The molecule has 0 fully saturated rings. The zero-order valence-corrected chi connectivity index (χ0v) is 20.3. The summed E-state index contributed by atoms with van der Waals surface area (Å²) in [6, 6.07) is 6.33. The molecule has 0 aliphatic rings. The molecular weight excluding hydrogens is 462 g/mol. The third-order valence-corrected chi connectivity index (χ3v) is 5.72. The van der Waals surface area contributed by atoms with Gasteiger partial charge in [0.2, 0.25) is 5.91 Å². The van der Waals surface area contributed by atoms with Crippen molar-refractivity contribution >= 4 is 38.7 Å². The smallest absolute Gasteiger partial charge is 0.241 e. The monoisotopic (exact) mass is 490 g/mol. The summed E-state index contributed by atoms with van der Waals surface area (Å²) in [5.74, 6) is -3.36. The zero-order chi connectivity index (χ0) is 25.7. The second-order valence-electron chi connectivity index (χ2n) is 6.48. The highest BCUT2D eigenvalue weighted by atomic mass is 32.2. The number of rotatable bonds is 6. The standard InChI is InChI=1S/C15H11F2N3O3S.C7H11N.C2H6/c16-9-5-10(17)15-11(6-9)19-7-12(15)24(22,23)8-14(21)20-13-3-1-2-4-18-13;1-4-7(3)6-8-5-2;1-2/h1-7,19H,8H2,(H,18,20,21);4-6H,2H2,1,3H3;1-2H3/b;7-4-,8-6?;. The van der Waals surface area contributed by atoms with Gasteiger partial charge in [-0.05, 0) is 37.6 Å². The molecule has 0 bridgehead atoms. The molecule has 0 atom stereocenters. The van der Waals surface area contributed by atoms with Crippen LogP contribution in [0.1, 0.15) is 27.7 Å². The van der Waals surface area contributed by atoms with Crippen LogP contribution in [0.4, 0.5) is 14.6 Å². The average molecular weight is 491 g/mol. The Kier molecular flexibility index (Phi) is 11.5. The molecule has 1 aromatic carbocycles. The number of carbonyl (C=O) groups excluding carboxylic acids is 1. The first-order valence-corrected chi connectivity index (χ1v) is 12.0. The van der Waals surface area contributed by atoms with Crippen LogP contribution in [0, 0.1) is 11.6 Å². The van der Waals surface area contributed by atoms with Crippen LogP contribution in [0.2, 0.25) is 0 Å². The molecule has 0 radical (unpaired) electrons. The summed E-state index contributed by atoms with van der Waals surface area (Å²) < 4.78 is 51.9. The number of pyridine rings is 1. The Labute approximate surface area is 198 Å². The van der Waals surface area contributed by atoms with Gasteiger partial charge < -0.3 is 10.3 Å². The fraction of sp³-hybridized carbons (Fsp3) is 0.208. The van der Waals surface area contributed by atoms with Gasteiger partial charge in [0.05, 0.1) is 15.8 Å². The zero-order valence-electron chi connectivity index (χ0n) is 19.5. The number of hydrogen-bond acceptors (Lipinski definition) is 5. The number of aliphatic imine (C=N–C) groups is 1. The molecule has 2 aromatic heterocycles. The number of H-pyrrole nitrogens is 1. The van der Waals surface area contributed by atoms with Gasteiger partial charge in [-0.1, -0.05) is 32.6 Å². The first kappa shape index (κ1) is 28.4. The summed E-state index contributed by atoms with van der Waals surface area (Å²) >= 11 is 0. The van der Waals surface area contributed by atoms with Crippen molar-refractivity contribution in [1.82, 2.24) is 9.97 Å². The van der Waals surface area contributed by atoms with Crippen molar-refractivity contribution in [3.8, 4) is 0 Å². The van der Waals surface area contributed by atoms with Crippen molar-refractivity contribution in [2.45, 2.75) is 32.6 Å². The number of fused-ring (bicyclic) bond motifs is 1. The SMILES string of the molecule is C=CN=C/C(C)=C\C.CC.O=C(CS(=O)(=O)c1c[nH]c2cc(F)cc(F)c12)Nc1ccccn1. The van der Waals surface area contributed by atoms with E-state index in [0.717, 1.165) is 17.8 Å². The molecule has 0 aliphatic heterocycles. The van der Waals surface area contributed by atoms with Crippen LogP contribution < -0.4 is 5.32 Å². The van der Waals surface area contributed by atoms with Crippen LogP contribution in [0.3, 0.4) is 0 Å². The van der Waals surface area contributed by atoms with Gasteiger partial charge in [0.1, 0.15) is 23.2 Å². The topological polar surface area (TPSA) is 104 Å². The number of benzene rings is 1. The Morgan fingerprint density at radius 1 is 1.26 bits per heavy atom. The van der Waals surface area contributed by atoms with Crippen LogP contribution in [-0.4, -0.2) is 36.3 Å². The van der Waals surface area contributed by atoms with Crippen molar-refractivity contribution in [2.75, 3.05) is 11.1 Å². The predicted molar refractivity (Wildman–Crippen MR) is 133 cm³/mol. The van der Waals surface area contributed by atoms with Gasteiger partial charge in [-0.25, -0.2) is 22.2 Å². The third-order valence-electron chi connectivity index (χ3n) is 4.09. The fourth-order valence-corrected chi connectivity index (χ4v) is 3.84. The third kappa shape index (κ3) is 8.36. The molecule has 34 heavy (non-hydrogen) atoms. The molecule has 0 unspecified atom stereocenters. The second-order valence-corrected chi connectivity index (χ2v) is 8.44. The van der Waals surface area contributed by atoms with Crippen LogP contribution in [0.25, 0.3) is 10.9 Å². The Balaban J connectivity index is 0.000000493. The molecule has 7 nitrogen and oxygen atoms in total. The summed E-state index contributed by atoms with van der Waals surface area (Å²) in [5.41, 5.74) is 1.15. The minimum Gasteiger partial charge on any atom is -0.360 e. The first-order chi connectivity index (χ1) is 16.2. The Hall–Kier alpha value is -3.66. The summed E-state index contributed by atoms with van der Waals surface area (Å²) in [6.07, 6.45) is 7.76. The number of anilines is 1. The van der Waals surface area contributed by atoms with Crippen molar-refractivity contribution in [1.29, 1.82) is 0 Å². The predicted octanol–water partition coefficient (Wildman–Crippen LogP) is 5.45. The largest absolute Gasteiger partial charge is 0.360 e. The molecule has 0 saturated heterocycles. The summed E-state index contributed by atoms with van der Waals surface area (Å²) in [4.78, 5) is 21.7. The quantitative estimate of drug-likeness (QED) is 0.449. The Bertz CT molecular complexity index is 1270. The summed E-state index contributed by atoms with van der Waals surface area (Å²) in [5, 5.41) is 2.06. The van der Waals surface area contributed by atoms with Crippen molar-refractivity contribution in [3.05, 3.63) is 78.8 Å². The number of nitrogens with zero attached hydrogens (tertiary/aromatic N) is 2.